The zero-order valence-corrected chi connectivity index (χ0v) is 11.8. The van der Waals surface area contributed by atoms with Crippen molar-refractivity contribution in [3.8, 4) is 0 Å². The van der Waals surface area contributed by atoms with Crippen LogP contribution in [0.4, 0.5) is 0 Å². The van der Waals surface area contributed by atoms with Gasteiger partial charge in [-0.15, -0.1) is 0 Å². The van der Waals surface area contributed by atoms with E-state index in [-0.39, 0.29) is 11.5 Å². The fraction of sp³-hybridized carbons (Fsp3) is 0.786. The van der Waals surface area contributed by atoms with Crippen LogP contribution in [0.1, 0.15) is 54.9 Å². The van der Waals surface area contributed by atoms with Gasteiger partial charge < -0.3 is 5.32 Å². The van der Waals surface area contributed by atoms with Crippen LogP contribution in [-0.2, 0) is 4.79 Å². The summed E-state index contributed by atoms with van der Waals surface area (Å²) in [5.74, 6) is 0.290. The van der Waals surface area contributed by atoms with Crippen molar-refractivity contribution in [2.24, 2.45) is 5.41 Å². The van der Waals surface area contributed by atoms with E-state index in [0.29, 0.717) is 11.8 Å². The molecule has 0 fully saturated rings. The van der Waals surface area contributed by atoms with Gasteiger partial charge in [0.1, 0.15) is 0 Å². The molecular formula is C14H27NO. The molecule has 0 aromatic carbocycles. The van der Waals surface area contributed by atoms with Crippen molar-refractivity contribution in [1.82, 2.24) is 5.32 Å². The topological polar surface area (TPSA) is 29.1 Å². The molecule has 16 heavy (non-hydrogen) atoms. The maximum Gasteiger partial charge on any atom is 0.155 e. The van der Waals surface area contributed by atoms with Gasteiger partial charge in [0.15, 0.2) is 5.78 Å². The number of ketones is 1. The Morgan fingerprint density at radius 2 is 1.75 bits per heavy atom. The van der Waals surface area contributed by atoms with Crippen LogP contribution in [0, 0.1) is 5.41 Å². The van der Waals surface area contributed by atoms with E-state index in [1.54, 1.807) is 0 Å². The molecule has 0 spiro atoms. The van der Waals surface area contributed by atoms with Gasteiger partial charge in [-0.2, -0.15) is 0 Å². The summed E-state index contributed by atoms with van der Waals surface area (Å²) in [6, 6.07) is 0.275. The molecule has 0 aliphatic rings. The largest absolute Gasteiger partial charge is 0.305 e. The Morgan fingerprint density at radius 3 is 2.06 bits per heavy atom. The molecule has 0 radical (unpaired) electrons. The van der Waals surface area contributed by atoms with Crippen LogP contribution in [0.2, 0.25) is 0 Å². The van der Waals surface area contributed by atoms with Crippen LogP contribution in [0.25, 0.3) is 0 Å². The third-order valence-electron chi connectivity index (χ3n) is 2.35. The van der Waals surface area contributed by atoms with E-state index >= 15 is 0 Å². The molecular weight excluding hydrogens is 198 g/mol. The normalized spacial score (nSPS) is 13.8. The van der Waals surface area contributed by atoms with Crippen molar-refractivity contribution in [1.29, 1.82) is 0 Å². The zero-order chi connectivity index (χ0) is 12.9. The van der Waals surface area contributed by atoms with E-state index in [4.69, 9.17) is 0 Å². The summed E-state index contributed by atoms with van der Waals surface area (Å²) >= 11 is 0. The number of carbonyl (C=O) groups is 1. The molecule has 0 aliphatic heterocycles. The number of nitrogens with one attached hydrogen (secondary N) is 1. The Kier molecular flexibility index (Phi) is 5.95. The maximum absolute atomic E-state index is 12.2. The summed E-state index contributed by atoms with van der Waals surface area (Å²) < 4.78 is 0. The Labute approximate surface area is 101 Å². The summed E-state index contributed by atoms with van der Waals surface area (Å²) in [6.45, 7) is 14.2. The van der Waals surface area contributed by atoms with Crippen LogP contribution in [-0.4, -0.2) is 17.9 Å². The molecule has 1 N–H and O–H groups in total. The van der Waals surface area contributed by atoms with Crippen molar-refractivity contribution in [3.05, 3.63) is 11.6 Å². The fourth-order valence-corrected chi connectivity index (χ4v) is 1.53. The van der Waals surface area contributed by atoms with Crippen molar-refractivity contribution in [2.75, 3.05) is 0 Å². The first-order valence-corrected chi connectivity index (χ1v) is 6.08. The highest BCUT2D eigenvalue weighted by Gasteiger charge is 2.28. The molecule has 0 aliphatic carbocycles. The van der Waals surface area contributed by atoms with Crippen LogP contribution in [0.15, 0.2) is 11.6 Å². The Bertz CT molecular complexity index is 254. The van der Waals surface area contributed by atoms with E-state index in [9.17, 15) is 4.79 Å². The number of hydrogen-bond donors (Lipinski definition) is 1. The number of carbonyl (C=O) groups excluding carboxylic acids is 1. The summed E-state index contributed by atoms with van der Waals surface area (Å²) in [6.07, 6.45) is 2.92. The SMILES string of the molecule is CC(C)=CCC(NC(C)C)C(=O)C(C)(C)C. The summed E-state index contributed by atoms with van der Waals surface area (Å²) in [5, 5.41) is 3.35. The lowest BCUT2D eigenvalue weighted by atomic mass is 9.85. The van der Waals surface area contributed by atoms with Gasteiger partial charge in [0.25, 0.3) is 0 Å². The lowest BCUT2D eigenvalue weighted by molar-refractivity contribution is -0.128. The molecule has 0 rings (SSSR count). The lowest BCUT2D eigenvalue weighted by Crippen LogP contribution is -2.45. The van der Waals surface area contributed by atoms with Crippen molar-refractivity contribution >= 4 is 5.78 Å². The first kappa shape index (κ1) is 15.4. The first-order valence-electron chi connectivity index (χ1n) is 6.08. The minimum atomic E-state index is -0.276. The Balaban J connectivity index is 4.67. The summed E-state index contributed by atoms with van der Waals surface area (Å²) in [7, 11) is 0. The van der Waals surface area contributed by atoms with Crippen molar-refractivity contribution < 1.29 is 4.79 Å². The van der Waals surface area contributed by atoms with E-state index < -0.39 is 0 Å². The molecule has 0 saturated carbocycles. The third-order valence-corrected chi connectivity index (χ3v) is 2.35. The highest BCUT2D eigenvalue weighted by molar-refractivity contribution is 5.88. The predicted octanol–water partition coefficient (Wildman–Crippen LogP) is 3.32. The molecule has 1 unspecified atom stereocenters. The summed E-state index contributed by atoms with van der Waals surface area (Å²) in [4.78, 5) is 12.2. The molecule has 1 atom stereocenters. The summed E-state index contributed by atoms with van der Waals surface area (Å²) in [5.41, 5.74) is 0.986. The van der Waals surface area contributed by atoms with E-state index in [2.05, 4.69) is 39.1 Å². The highest BCUT2D eigenvalue weighted by atomic mass is 16.1. The van der Waals surface area contributed by atoms with Gasteiger partial charge in [-0.3, -0.25) is 4.79 Å². The van der Waals surface area contributed by atoms with Gasteiger partial charge in [-0.05, 0) is 20.3 Å². The van der Waals surface area contributed by atoms with Gasteiger partial charge in [0, 0.05) is 11.5 Å². The Morgan fingerprint density at radius 1 is 1.25 bits per heavy atom. The fourth-order valence-electron chi connectivity index (χ4n) is 1.53. The van der Waals surface area contributed by atoms with Gasteiger partial charge in [-0.25, -0.2) is 0 Å². The zero-order valence-electron chi connectivity index (χ0n) is 11.8. The third kappa shape index (κ3) is 6.06. The molecule has 94 valence electrons. The Hall–Kier alpha value is -0.630. The number of allylic oxidation sites excluding steroid dienone is 1. The second-order valence-electron chi connectivity index (χ2n) is 6.01. The molecule has 0 saturated heterocycles. The first-order chi connectivity index (χ1) is 7.14. The molecule has 2 nitrogen and oxygen atoms in total. The van der Waals surface area contributed by atoms with Crippen molar-refractivity contribution in [2.45, 2.75) is 67.0 Å². The molecule has 0 heterocycles. The lowest BCUT2D eigenvalue weighted by Gasteiger charge is -2.26. The molecule has 0 amide bonds. The van der Waals surface area contributed by atoms with Gasteiger partial charge in [0.2, 0.25) is 0 Å². The van der Waals surface area contributed by atoms with Gasteiger partial charge in [-0.1, -0.05) is 46.3 Å². The predicted molar refractivity (Wildman–Crippen MR) is 70.6 cm³/mol. The maximum atomic E-state index is 12.2. The van der Waals surface area contributed by atoms with Crippen LogP contribution < -0.4 is 5.32 Å². The monoisotopic (exact) mass is 225 g/mol. The molecule has 0 aromatic rings. The van der Waals surface area contributed by atoms with Crippen LogP contribution in [0.3, 0.4) is 0 Å². The van der Waals surface area contributed by atoms with Crippen LogP contribution in [0.5, 0.6) is 0 Å². The second kappa shape index (κ2) is 6.19. The average molecular weight is 225 g/mol. The molecule has 0 bridgehead atoms. The number of rotatable bonds is 5. The van der Waals surface area contributed by atoms with Gasteiger partial charge in [0.05, 0.1) is 6.04 Å². The standard InChI is InChI=1S/C14H27NO/c1-10(2)8-9-12(15-11(3)4)13(16)14(5,6)7/h8,11-12,15H,9H2,1-7H3. The van der Waals surface area contributed by atoms with E-state index in [1.807, 2.05) is 20.8 Å². The number of hydrogen-bond acceptors (Lipinski definition) is 2. The minimum absolute atomic E-state index is 0.0603. The van der Waals surface area contributed by atoms with E-state index in [0.717, 1.165) is 6.42 Å². The van der Waals surface area contributed by atoms with Gasteiger partial charge >= 0.3 is 0 Å². The van der Waals surface area contributed by atoms with Crippen LogP contribution >= 0.6 is 0 Å². The average Bonchev–Trinajstić information content (AvgIpc) is 2.08. The molecule has 2 heteroatoms. The second-order valence-corrected chi connectivity index (χ2v) is 6.01. The van der Waals surface area contributed by atoms with E-state index in [1.165, 1.54) is 5.57 Å². The smallest absolute Gasteiger partial charge is 0.155 e. The van der Waals surface area contributed by atoms with Crippen molar-refractivity contribution in [3.63, 3.8) is 0 Å². The number of Topliss-reactive ketones (excluding diaryl/α,β-unsaturated/α-hetero) is 1. The highest BCUT2D eigenvalue weighted by Crippen LogP contribution is 2.19. The minimum Gasteiger partial charge on any atom is -0.305 e. The molecule has 0 aromatic heterocycles. The quantitative estimate of drug-likeness (QED) is 0.727.